The molecule has 37 heavy (non-hydrogen) atoms. The summed E-state index contributed by atoms with van der Waals surface area (Å²) in [7, 11) is -0.145. The van der Waals surface area contributed by atoms with Gasteiger partial charge in [-0.05, 0) is 24.3 Å². The topological polar surface area (TPSA) is 0 Å². The first-order chi connectivity index (χ1) is 16.7. The van der Waals surface area contributed by atoms with Crippen molar-refractivity contribution in [2.45, 2.75) is 0 Å². The Labute approximate surface area is 237 Å². The van der Waals surface area contributed by atoms with Crippen LogP contribution in [0, 0.1) is 0 Å². The van der Waals surface area contributed by atoms with Gasteiger partial charge in [0.25, 0.3) is 0 Å². The molecule has 0 N–H and O–H groups in total. The molecule has 7 aromatic rings. The monoisotopic (exact) mass is 600 g/mol. The number of aryl methyl sites for hydroxylation is 2. The summed E-state index contributed by atoms with van der Waals surface area (Å²) in [4.78, 5) is 0. The van der Waals surface area contributed by atoms with Gasteiger partial charge in [0.2, 0.25) is 0 Å². The molecule has 1 aromatic heterocycles. The van der Waals surface area contributed by atoms with E-state index in [1.807, 2.05) is 0 Å². The smallest absolute Gasteiger partial charge is 1.00 e. The Morgan fingerprint density at radius 1 is 0.568 bits per heavy atom. The van der Waals surface area contributed by atoms with E-state index in [4.69, 9.17) is 0 Å². The van der Waals surface area contributed by atoms with Crippen LogP contribution in [0.2, 0.25) is 0 Å². The van der Waals surface area contributed by atoms with Crippen molar-refractivity contribution in [3.63, 3.8) is 0 Å². The van der Waals surface area contributed by atoms with Crippen LogP contribution in [0.15, 0.2) is 121 Å². The molecule has 0 fully saturated rings. The molecular weight excluding hydrogens is 576 g/mol. The van der Waals surface area contributed by atoms with Crippen LogP contribution in [0.25, 0.3) is 53.7 Å². The zero-order valence-corrected chi connectivity index (χ0v) is 24.9. The van der Waals surface area contributed by atoms with E-state index in [9.17, 15) is 0 Å². The fourth-order valence-electron chi connectivity index (χ4n) is 4.99. The van der Waals surface area contributed by atoms with Crippen LogP contribution in [-0.2, 0) is 39.5 Å². The van der Waals surface area contributed by atoms with Gasteiger partial charge >= 0.3 is 26.2 Å². The van der Waals surface area contributed by atoms with Gasteiger partial charge in [0.05, 0.1) is 0 Å². The van der Waals surface area contributed by atoms with Crippen LogP contribution in [0.3, 0.4) is 0 Å². The normalized spacial score (nSPS) is 11.3. The van der Waals surface area contributed by atoms with Gasteiger partial charge in [-0.1, -0.05) is 82.8 Å². The third-order valence-electron chi connectivity index (χ3n) is 6.87. The first-order valence-corrected chi connectivity index (χ1v) is 15.9. The van der Waals surface area contributed by atoms with Crippen LogP contribution >= 0.6 is 14.4 Å². The first-order valence-electron chi connectivity index (χ1n) is 11.7. The second-order valence-electron chi connectivity index (χ2n) is 8.79. The molecular formula is C32H26F2P2Zr. The van der Waals surface area contributed by atoms with Gasteiger partial charge in [-0.15, -0.1) is 72.4 Å². The molecule has 6 aromatic carbocycles. The average Bonchev–Trinajstić information content (AvgIpc) is 3.55. The van der Waals surface area contributed by atoms with Crippen LogP contribution < -0.4 is 9.41 Å². The molecule has 0 saturated carbocycles. The molecule has 7 rings (SSSR count). The van der Waals surface area contributed by atoms with Crippen molar-refractivity contribution in [1.29, 1.82) is 0 Å². The number of halogens is 2. The SMILES string of the molecule is Cp1c2cc3c(cccc3c3ccccc3p1C)[cH-]2.[F-].[F-].[Zr+4].c1ccc(-c2cccc3[cH-]ccc23)cc1. The van der Waals surface area contributed by atoms with E-state index in [1.165, 1.54) is 43.4 Å². The maximum atomic E-state index is 2.44. The van der Waals surface area contributed by atoms with Crippen LogP contribution in [0.5, 0.6) is 0 Å². The van der Waals surface area contributed by atoms with Crippen molar-refractivity contribution in [3.8, 4) is 11.1 Å². The standard InChI is InChI=1S/C17H15P2.C15H11.2FH.Zr/c1-18-13-10-12-6-5-8-14(16(12)11-13)15-7-3-4-9-17(15)19(18)2;1-2-6-12(7-3-1)14-10-4-8-13-9-5-11-15(13)14;;;/h3-11H,1-2H3;1-11H;2*1H;/q2*-1;;;+4/p-2. The predicted octanol–water partition coefficient (Wildman–Crippen LogP) is 4.71. The van der Waals surface area contributed by atoms with Crippen LogP contribution in [-0.4, -0.2) is 0 Å². The zero-order valence-electron chi connectivity index (χ0n) is 20.7. The second kappa shape index (κ2) is 12.3. The second-order valence-corrected chi connectivity index (χ2v) is 15.5. The van der Waals surface area contributed by atoms with E-state index >= 15 is 0 Å². The Bertz CT molecular complexity index is 1790. The largest absolute Gasteiger partial charge is 4.00 e. The fraction of sp³-hybridized carbons (Fsp3) is 0.0625. The summed E-state index contributed by atoms with van der Waals surface area (Å²) in [5.41, 5.74) is 2.60. The van der Waals surface area contributed by atoms with E-state index in [-0.39, 0.29) is 50.0 Å². The Kier molecular flexibility index (Phi) is 9.66. The maximum absolute atomic E-state index is 2.44. The van der Waals surface area contributed by atoms with Crippen molar-refractivity contribution < 1.29 is 35.6 Å². The molecule has 0 aliphatic carbocycles. The van der Waals surface area contributed by atoms with Crippen molar-refractivity contribution in [2.75, 3.05) is 0 Å². The molecule has 1 heterocycles. The Balaban J connectivity index is 0.000000195. The molecule has 0 aliphatic heterocycles. The van der Waals surface area contributed by atoms with Gasteiger partial charge in [0.15, 0.2) is 0 Å². The van der Waals surface area contributed by atoms with Crippen molar-refractivity contribution in [2.24, 2.45) is 13.3 Å². The van der Waals surface area contributed by atoms with E-state index in [2.05, 4.69) is 135 Å². The summed E-state index contributed by atoms with van der Waals surface area (Å²) in [6.45, 7) is 4.89. The van der Waals surface area contributed by atoms with Crippen molar-refractivity contribution >= 4 is 57.0 Å². The Morgan fingerprint density at radius 2 is 1.24 bits per heavy atom. The van der Waals surface area contributed by atoms with Gasteiger partial charge in [-0.25, -0.2) is 0 Å². The molecule has 0 nitrogen and oxygen atoms in total. The summed E-state index contributed by atoms with van der Waals surface area (Å²) in [5.74, 6) is 0. The van der Waals surface area contributed by atoms with Gasteiger partial charge in [-0.3, -0.25) is 0 Å². The molecule has 0 saturated heterocycles. The molecule has 5 heteroatoms. The minimum atomic E-state index is -0.0844. The molecule has 0 radical (unpaired) electrons. The molecule has 2 unspecified atom stereocenters. The van der Waals surface area contributed by atoms with Gasteiger partial charge in [0, 0.05) is 5.12 Å². The van der Waals surface area contributed by atoms with E-state index in [1.54, 1.807) is 10.2 Å². The number of benzene rings is 4. The van der Waals surface area contributed by atoms with E-state index in [0.29, 0.717) is 0 Å². The minimum absolute atomic E-state index is 0. The quantitative estimate of drug-likeness (QED) is 0.240. The average molecular weight is 602 g/mol. The van der Waals surface area contributed by atoms with Crippen LogP contribution in [0.4, 0.5) is 0 Å². The summed E-state index contributed by atoms with van der Waals surface area (Å²) >= 11 is 0. The van der Waals surface area contributed by atoms with Gasteiger partial charge in [-0.2, -0.15) is 18.2 Å². The Hall–Kier alpha value is -2.56. The Morgan fingerprint density at radius 3 is 2.05 bits per heavy atom. The molecule has 0 amide bonds. The summed E-state index contributed by atoms with van der Waals surface area (Å²) in [6, 6.07) is 44.0. The number of hydrogen-bond donors (Lipinski definition) is 0. The van der Waals surface area contributed by atoms with Gasteiger partial charge in [0.1, 0.15) is 0 Å². The molecule has 2 atom stereocenters. The first kappa shape index (κ1) is 29.0. The number of fused-ring (bicyclic) bond motifs is 4. The van der Waals surface area contributed by atoms with Crippen molar-refractivity contribution in [3.05, 3.63) is 121 Å². The third kappa shape index (κ3) is 5.37. The molecule has 182 valence electrons. The number of hydrogen-bond acceptors (Lipinski definition) is 0. The summed E-state index contributed by atoms with van der Waals surface area (Å²) in [5, 5.41) is 11.5. The summed E-state index contributed by atoms with van der Waals surface area (Å²) < 4.78 is 0. The fourth-order valence-corrected chi connectivity index (χ4v) is 10.0. The van der Waals surface area contributed by atoms with Gasteiger partial charge < -0.3 is 9.41 Å². The zero-order chi connectivity index (χ0) is 23.1. The summed E-state index contributed by atoms with van der Waals surface area (Å²) in [6.07, 6.45) is 0. The van der Waals surface area contributed by atoms with Crippen molar-refractivity contribution in [1.82, 2.24) is 0 Å². The molecule has 0 aliphatic rings. The van der Waals surface area contributed by atoms with Crippen LogP contribution in [0.1, 0.15) is 0 Å². The molecule has 0 spiro atoms. The number of rotatable bonds is 1. The maximum Gasteiger partial charge on any atom is 4.00 e. The van der Waals surface area contributed by atoms with E-state index < -0.39 is 0 Å². The third-order valence-corrected chi connectivity index (χ3v) is 13.9. The van der Waals surface area contributed by atoms with E-state index in [0.717, 1.165) is 0 Å². The minimum Gasteiger partial charge on any atom is -1.00 e. The predicted molar refractivity (Wildman–Crippen MR) is 156 cm³/mol. The molecule has 2 bridgehead atoms.